The van der Waals surface area contributed by atoms with Gasteiger partial charge in [0.2, 0.25) is 5.91 Å². The second kappa shape index (κ2) is 8.55. The monoisotopic (exact) mass is 380 g/mol. The van der Waals surface area contributed by atoms with Gasteiger partial charge in [-0.2, -0.15) is 0 Å². The number of benzene rings is 1. The summed E-state index contributed by atoms with van der Waals surface area (Å²) in [5.41, 5.74) is 2.06. The van der Waals surface area contributed by atoms with Gasteiger partial charge in [0.05, 0.1) is 6.42 Å². The highest BCUT2D eigenvalue weighted by Crippen LogP contribution is 2.25. The van der Waals surface area contributed by atoms with E-state index in [4.69, 9.17) is 0 Å². The van der Waals surface area contributed by atoms with Crippen molar-refractivity contribution in [2.75, 3.05) is 10.6 Å². The molecule has 27 heavy (non-hydrogen) atoms. The molecule has 3 rings (SSSR count). The molecular weight excluding hydrogens is 360 g/mol. The first-order chi connectivity index (χ1) is 13.0. The van der Waals surface area contributed by atoms with Crippen molar-refractivity contribution < 1.29 is 9.59 Å². The van der Waals surface area contributed by atoms with E-state index in [1.54, 1.807) is 42.9 Å². The van der Waals surface area contributed by atoms with E-state index < -0.39 is 0 Å². The van der Waals surface area contributed by atoms with Gasteiger partial charge in [-0.05, 0) is 35.7 Å². The maximum absolute atomic E-state index is 12.2. The van der Waals surface area contributed by atoms with Gasteiger partial charge in [0.15, 0.2) is 5.13 Å². The van der Waals surface area contributed by atoms with Crippen LogP contribution in [0.3, 0.4) is 0 Å². The van der Waals surface area contributed by atoms with E-state index in [1.807, 2.05) is 12.1 Å². The molecular formula is C20H20N4O2S. The van der Waals surface area contributed by atoms with Gasteiger partial charge in [-0.15, -0.1) is 11.3 Å². The standard InChI is InChI=1S/C20H20N4O2S/c1-13(2)17-12-22-20(27-17)24-18(25)11-14-3-5-16(6-4-14)23-19(26)15-7-9-21-10-8-15/h3-10,12-13H,11H2,1-2H3,(H,23,26)(H,22,24,25). The number of hydrogen-bond donors (Lipinski definition) is 2. The Morgan fingerprint density at radius 2 is 1.74 bits per heavy atom. The molecule has 138 valence electrons. The number of amides is 2. The Morgan fingerprint density at radius 3 is 2.37 bits per heavy atom. The quantitative estimate of drug-likeness (QED) is 0.674. The van der Waals surface area contributed by atoms with Crippen molar-refractivity contribution in [2.45, 2.75) is 26.2 Å². The van der Waals surface area contributed by atoms with Crippen LogP contribution in [0.4, 0.5) is 10.8 Å². The number of aromatic nitrogens is 2. The zero-order valence-electron chi connectivity index (χ0n) is 15.1. The lowest BCUT2D eigenvalue weighted by molar-refractivity contribution is -0.115. The predicted molar refractivity (Wildman–Crippen MR) is 107 cm³/mol. The highest BCUT2D eigenvalue weighted by molar-refractivity contribution is 7.15. The summed E-state index contributed by atoms with van der Waals surface area (Å²) < 4.78 is 0. The summed E-state index contributed by atoms with van der Waals surface area (Å²) in [7, 11) is 0. The first kappa shape index (κ1) is 18.7. The molecule has 2 amide bonds. The summed E-state index contributed by atoms with van der Waals surface area (Å²) in [4.78, 5) is 33.6. The largest absolute Gasteiger partial charge is 0.322 e. The fourth-order valence-corrected chi connectivity index (χ4v) is 3.21. The van der Waals surface area contributed by atoms with Gasteiger partial charge in [-0.1, -0.05) is 26.0 Å². The SMILES string of the molecule is CC(C)c1cnc(NC(=O)Cc2ccc(NC(=O)c3ccncc3)cc2)s1. The van der Waals surface area contributed by atoms with E-state index in [1.165, 1.54) is 11.3 Å². The van der Waals surface area contributed by atoms with Crippen LogP contribution in [0.1, 0.15) is 40.6 Å². The number of carbonyl (C=O) groups excluding carboxylic acids is 2. The highest BCUT2D eigenvalue weighted by Gasteiger charge is 2.10. The van der Waals surface area contributed by atoms with E-state index in [2.05, 4.69) is 34.4 Å². The molecule has 0 aliphatic carbocycles. The van der Waals surface area contributed by atoms with Gasteiger partial charge in [-0.25, -0.2) is 4.98 Å². The van der Waals surface area contributed by atoms with Crippen molar-refractivity contribution in [3.8, 4) is 0 Å². The average molecular weight is 380 g/mol. The number of thiazole rings is 1. The van der Waals surface area contributed by atoms with Crippen LogP contribution in [0, 0.1) is 0 Å². The zero-order valence-corrected chi connectivity index (χ0v) is 15.9. The van der Waals surface area contributed by atoms with Gasteiger partial charge < -0.3 is 10.6 Å². The summed E-state index contributed by atoms with van der Waals surface area (Å²) in [5, 5.41) is 6.26. The summed E-state index contributed by atoms with van der Waals surface area (Å²) in [6.07, 6.45) is 5.19. The molecule has 2 heterocycles. The number of pyridine rings is 1. The lowest BCUT2D eigenvalue weighted by Crippen LogP contribution is -2.14. The molecule has 0 atom stereocenters. The molecule has 0 saturated carbocycles. The number of nitrogens with zero attached hydrogens (tertiary/aromatic N) is 2. The van der Waals surface area contributed by atoms with E-state index in [0.29, 0.717) is 22.3 Å². The van der Waals surface area contributed by atoms with Crippen molar-refractivity contribution in [3.63, 3.8) is 0 Å². The molecule has 3 aromatic rings. The van der Waals surface area contributed by atoms with Crippen molar-refractivity contribution >= 4 is 34.0 Å². The van der Waals surface area contributed by atoms with Crippen LogP contribution < -0.4 is 10.6 Å². The van der Waals surface area contributed by atoms with Crippen LogP contribution in [0.2, 0.25) is 0 Å². The first-order valence-corrected chi connectivity index (χ1v) is 9.39. The maximum atomic E-state index is 12.2. The Labute approximate surface area is 161 Å². The van der Waals surface area contributed by atoms with Crippen molar-refractivity contribution in [3.05, 3.63) is 71.0 Å². The Hall–Kier alpha value is -3.06. The van der Waals surface area contributed by atoms with Crippen LogP contribution in [-0.4, -0.2) is 21.8 Å². The summed E-state index contributed by atoms with van der Waals surface area (Å²) in [5.74, 6) is 0.0731. The van der Waals surface area contributed by atoms with Crippen molar-refractivity contribution in [2.24, 2.45) is 0 Å². The molecule has 2 aromatic heterocycles. The molecule has 7 heteroatoms. The Kier molecular flexibility index (Phi) is 5.93. The van der Waals surface area contributed by atoms with E-state index in [-0.39, 0.29) is 18.2 Å². The zero-order chi connectivity index (χ0) is 19.2. The van der Waals surface area contributed by atoms with Crippen LogP contribution in [0.5, 0.6) is 0 Å². The van der Waals surface area contributed by atoms with Gasteiger partial charge >= 0.3 is 0 Å². The smallest absolute Gasteiger partial charge is 0.255 e. The Balaban J connectivity index is 1.55. The van der Waals surface area contributed by atoms with Crippen molar-refractivity contribution in [1.29, 1.82) is 0 Å². The molecule has 2 N–H and O–H groups in total. The maximum Gasteiger partial charge on any atom is 0.255 e. The first-order valence-electron chi connectivity index (χ1n) is 8.57. The minimum absolute atomic E-state index is 0.117. The lowest BCUT2D eigenvalue weighted by Gasteiger charge is -2.07. The fraction of sp³-hybridized carbons (Fsp3) is 0.200. The Morgan fingerprint density at radius 1 is 1.04 bits per heavy atom. The van der Waals surface area contributed by atoms with E-state index >= 15 is 0 Å². The summed E-state index contributed by atoms with van der Waals surface area (Å²) in [6.45, 7) is 4.18. The fourth-order valence-electron chi connectivity index (χ4n) is 2.37. The van der Waals surface area contributed by atoms with E-state index in [9.17, 15) is 9.59 Å². The van der Waals surface area contributed by atoms with Crippen LogP contribution in [0.15, 0.2) is 55.0 Å². The molecule has 0 saturated heterocycles. The minimum Gasteiger partial charge on any atom is -0.322 e. The molecule has 0 spiro atoms. The molecule has 0 bridgehead atoms. The third-order valence-electron chi connectivity index (χ3n) is 3.86. The Bertz CT molecular complexity index is 921. The van der Waals surface area contributed by atoms with E-state index in [0.717, 1.165) is 10.4 Å². The number of rotatable bonds is 6. The van der Waals surface area contributed by atoms with Gasteiger partial charge in [0.1, 0.15) is 0 Å². The van der Waals surface area contributed by atoms with Crippen LogP contribution in [-0.2, 0) is 11.2 Å². The molecule has 0 aliphatic rings. The summed E-state index contributed by atoms with van der Waals surface area (Å²) >= 11 is 1.49. The number of anilines is 2. The second-order valence-electron chi connectivity index (χ2n) is 6.33. The second-order valence-corrected chi connectivity index (χ2v) is 7.40. The number of carbonyl (C=O) groups is 2. The minimum atomic E-state index is -0.201. The molecule has 0 radical (unpaired) electrons. The van der Waals surface area contributed by atoms with Crippen LogP contribution in [0.25, 0.3) is 0 Å². The summed E-state index contributed by atoms with van der Waals surface area (Å²) in [6, 6.07) is 10.5. The highest BCUT2D eigenvalue weighted by atomic mass is 32.1. The van der Waals surface area contributed by atoms with Gasteiger partial charge in [0, 0.05) is 34.7 Å². The topological polar surface area (TPSA) is 84.0 Å². The molecule has 6 nitrogen and oxygen atoms in total. The predicted octanol–water partition coefficient (Wildman–Crippen LogP) is 4.10. The third-order valence-corrected chi connectivity index (χ3v) is 5.07. The van der Waals surface area contributed by atoms with Gasteiger partial charge in [0.25, 0.3) is 5.91 Å². The normalized spacial score (nSPS) is 10.6. The average Bonchev–Trinajstić information content (AvgIpc) is 3.12. The van der Waals surface area contributed by atoms with Crippen molar-refractivity contribution in [1.82, 2.24) is 9.97 Å². The van der Waals surface area contributed by atoms with Gasteiger partial charge in [-0.3, -0.25) is 14.6 Å². The molecule has 1 aromatic carbocycles. The number of nitrogens with one attached hydrogen (secondary N) is 2. The lowest BCUT2D eigenvalue weighted by atomic mass is 10.1. The number of hydrogen-bond acceptors (Lipinski definition) is 5. The molecule has 0 fully saturated rings. The molecule has 0 aliphatic heterocycles. The van der Waals surface area contributed by atoms with Crippen LogP contribution >= 0.6 is 11.3 Å². The third kappa shape index (κ3) is 5.21. The molecule has 0 unspecified atom stereocenters.